The van der Waals surface area contributed by atoms with E-state index in [1.54, 1.807) is 26.0 Å². The molecular formula is C15H23NO5S. The van der Waals surface area contributed by atoms with Crippen LogP contribution in [0, 0.1) is 12.8 Å². The van der Waals surface area contributed by atoms with E-state index < -0.39 is 34.1 Å². The number of ether oxygens (including phenoxy) is 1. The van der Waals surface area contributed by atoms with Crippen molar-refractivity contribution in [1.82, 2.24) is 4.72 Å². The lowest BCUT2D eigenvalue weighted by Crippen LogP contribution is -2.48. The van der Waals surface area contributed by atoms with Gasteiger partial charge in [0.1, 0.15) is 6.04 Å². The highest BCUT2D eigenvalue weighted by Gasteiger charge is 2.33. The van der Waals surface area contributed by atoms with E-state index >= 15 is 0 Å². The van der Waals surface area contributed by atoms with Crippen LogP contribution in [0.25, 0.3) is 0 Å². The van der Waals surface area contributed by atoms with E-state index in [2.05, 4.69) is 4.72 Å². The molecule has 0 saturated heterocycles. The topological polar surface area (TPSA) is 92.7 Å². The minimum atomic E-state index is -3.88. The molecule has 1 rings (SSSR count). The Bertz CT molecular complexity index is 595. The number of aryl methyl sites for hydroxylation is 1. The molecule has 0 aromatic heterocycles. The summed E-state index contributed by atoms with van der Waals surface area (Å²) < 4.78 is 32.0. The molecule has 1 aromatic carbocycles. The molecule has 7 heteroatoms. The molecule has 0 fully saturated rings. The standard InChI is InChI=1S/C15H23NO5S/c1-5-21-15(18)14(11(3)12(4)17)16-22(19,20)13-8-6-10(2)7-9-13/h6-9,11-12,14,16-17H,5H2,1-4H3/t11-,12+,14-/m0/s1. The number of hydrogen-bond donors (Lipinski definition) is 2. The Kier molecular flexibility index (Phi) is 6.52. The predicted molar refractivity (Wildman–Crippen MR) is 82.8 cm³/mol. The Hall–Kier alpha value is -1.44. The van der Waals surface area contributed by atoms with Crippen molar-refractivity contribution in [3.63, 3.8) is 0 Å². The molecule has 0 aliphatic carbocycles. The fourth-order valence-electron chi connectivity index (χ4n) is 1.83. The van der Waals surface area contributed by atoms with Crippen molar-refractivity contribution in [2.24, 2.45) is 5.92 Å². The summed E-state index contributed by atoms with van der Waals surface area (Å²) >= 11 is 0. The average molecular weight is 329 g/mol. The van der Waals surface area contributed by atoms with E-state index in [0.717, 1.165) is 5.56 Å². The summed E-state index contributed by atoms with van der Waals surface area (Å²) in [6.07, 6.45) is -0.866. The molecule has 0 saturated carbocycles. The molecule has 3 atom stereocenters. The highest BCUT2D eigenvalue weighted by Crippen LogP contribution is 2.16. The fraction of sp³-hybridized carbons (Fsp3) is 0.533. The molecule has 0 aliphatic heterocycles. The van der Waals surface area contributed by atoms with Crippen LogP contribution >= 0.6 is 0 Å². The number of nitrogens with one attached hydrogen (secondary N) is 1. The van der Waals surface area contributed by atoms with Crippen molar-refractivity contribution in [3.8, 4) is 0 Å². The molecule has 0 aliphatic rings. The second kappa shape index (κ2) is 7.71. The Balaban J connectivity index is 3.06. The number of sulfonamides is 1. The highest BCUT2D eigenvalue weighted by molar-refractivity contribution is 7.89. The summed E-state index contributed by atoms with van der Waals surface area (Å²) in [5, 5.41) is 9.67. The summed E-state index contributed by atoms with van der Waals surface area (Å²) in [5.74, 6) is -1.33. The van der Waals surface area contributed by atoms with Crippen molar-refractivity contribution in [2.45, 2.75) is 44.7 Å². The van der Waals surface area contributed by atoms with Crippen LogP contribution in [0.4, 0.5) is 0 Å². The number of esters is 1. The van der Waals surface area contributed by atoms with E-state index in [4.69, 9.17) is 4.74 Å². The molecule has 0 unspecified atom stereocenters. The lowest BCUT2D eigenvalue weighted by molar-refractivity contribution is -0.147. The molecule has 6 nitrogen and oxygen atoms in total. The maximum Gasteiger partial charge on any atom is 0.324 e. The van der Waals surface area contributed by atoms with Crippen LogP contribution < -0.4 is 4.72 Å². The number of aliphatic hydroxyl groups excluding tert-OH is 1. The molecule has 0 spiro atoms. The molecule has 124 valence electrons. The van der Waals surface area contributed by atoms with Crippen LogP contribution in [-0.2, 0) is 19.6 Å². The van der Waals surface area contributed by atoms with Gasteiger partial charge in [-0.15, -0.1) is 0 Å². The van der Waals surface area contributed by atoms with Crippen LogP contribution in [0.5, 0.6) is 0 Å². The van der Waals surface area contributed by atoms with Crippen LogP contribution in [0.15, 0.2) is 29.2 Å². The normalized spacial score (nSPS) is 15.9. The first-order valence-electron chi connectivity index (χ1n) is 7.12. The summed E-state index contributed by atoms with van der Waals surface area (Å²) in [5.41, 5.74) is 0.929. The van der Waals surface area contributed by atoms with Gasteiger partial charge in [0, 0.05) is 5.92 Å². The molecule has 0 heterocycles. The van der Waals surface area contributed by atoms with Crippen LogP contribution in [0.2, 0.25) is 0 Å². The predicted octanol–water partition coefficient (Wildman–Crippen LogP) is 1.22. The number of benzene rings is 1. The van der Waals surface area contributed by atoms with Crippen LogP contribution in [0.1, 0.15) is 26.3 Å². The average Bonchev–Trinajstić information content (AvgIpc) is 2.44. The van der Waals surface area contributed by atoms with Gasteiger partial charge in [-0.3, -0.25) is 4.79 Å². The Morgan fingerprint density at radius 2 is 1.82 bits per heavy atom. The Morgan fingerprint density at radius 1 is 1.27 bits per heavy atom. The highest BCUT2D eigenvalue weighted by atomic mass is 32.2. The second-order valence-electron chi connectivity index (χ2n) is 5.26. The van der Waals surface area contributed by atoms with Gasteiger partial charge in [-0.2, -0.15) is 4.72 Å². The van der Waals surface area contributed by atoms with Gasteiger partial charge in [-0.25, -0.2) is 8.42 Å². The number of carbonyl (C=O) groups is 1. The van der Waals surface area contributed by atoms with Gasteiger partial charge in [0.15, 0.2) is 0 Å². The second-order valence-corrected chi connectivity index (χ2v) is 6.98. The first-order chi connectivity index (χ1) is 10.2. The van der Waals surface area contributed by atoms with E-state index in [1.165, 1.54) is 19.1 Å². The monoisotopic (exact) mass is 329 g/mol. The van der Waals surface area contributed by atoms with Gasteiger partial charge in [0.05, 0.1) is 17.6 Å². The summed E-state index contributed by atoms with van der Waals surface area (Å²) in [6.45, 7) is 6.70. The first kappa shape index (κ1) is 18.6. The molecule has 22 heavy (non-hydrogen) atoms. The number of carbonyl (C=O) groups excluding carboxylic acids is 1. The maximum atomic E-state index is 12.4. The van der Waals surface area contributed by atoms with E-state index in [9.17, 15) is 18.3 Å². The first-order valence-corrected chi connectivity index (χ1v) is 8.61. The van der Waals surface area contributed by atoms with E-state index in [0.29, 0.717) is 0 Å². The Labute approximate surface area is 131 Å². The zero-order valence-electron chi connectivity index (χ0n) is 13.2. The van der Waals surface area contributed by atoms with Crippen LogP contribution in [0.3, 0.4) is 0 Å². The molecule has 0 amide bonds. The molecule has 2 N–H and O–H groups in total. The SMILES string of the molecule is CCOC(=O)[C@@H](NS(=O)(=O)c1ccc(C)cc1)[C@@H](C)[C@@H](C)O. The summed E-state index contributed by atoms with van der Waals surface area (Å²) in [7, 11) is -3.88. The third-order valence-electron chi connectivity index (χ3n) is 3.44. The minimum absolute atomic E-state index is 0.0604. The maximum absolute atomic E-state index is 12.4. The van der Waals surface area contributed by atoms with Gasteiger partial charge in [-0.05, 0) is 32.9 Å². The number of rotatable bonds is 7. The quantitative estimate of drug-likeness (QED) is 0.734. The summed E-state index contributed by atoms with van der Waals surface area (Å²) in [6, 6.07) is 5.13. The molecular weight excluding hydrogens is 306 g/mol. The van der Waals surface area contributed by atoms with Gasteiger partial charge >= 0.3 is 5.97 Å². The third-order valence-corrected chi connectivity index (χ3v) is 4.90. The number of aliphatic hydroxyl groups is 1. The minimum Gasteiger partial charge on any atom is -0.465 e. The van der Waals surface area contributed by atoms with Gasteiger partial charge in [0.2, 0.25) is 10.0 Å². The zero-order chi connectivity index (χ0) is 16.9. The third kappa shape index (κ3) is 4.79. The summed E-state index contributed by atoms with van der Waals surface area (Å²) in [4.78, 5) is 12.1. The van der Waals surface area contributed by atoms with Crippen molar-refractivity contribution in [3.05, 3.63) is 29.8 Å². The number of hydrogen-bond acceptors (Lipinski definition) is 5. The van der Waals surface area contributed by atoms with Crippen LogP contribution in [-0.4, -0.2) is 38.2 Å². The molecule has 0 bridgehead atoms. The largest absolute Gasteiger partial charge is 0.465 e. The molecule has 1 aromatic rings. The van der Waals surface area contributed by atoms with Gasteiger partial charge in [0.25, 0.3) is 0 Å². The van der Waals surface area contributed by atoms with E-state index in [1.807, 2.05) is 6.92 Å². The smallest absolute Gasteiger partial charge is 0.324 e. The van der Waals surface area contributed by atoms with Gasteiger partial charge in [-0.1, -0.05) is 24.6 Å². The lowest BCUT2D eigenvalue weighted by Gasteiger charge is -2.25. The molecule has 0 radical (unpaired) electrons. The van der Waals surface area contributed by atoms with Gasteiger partial charge < -0.3 is 9.84 Å². The van der Waals surface area contributed by atoms with E-state index in [-0.39, 0.29) is 11.5 Å². The van der Waals surface area contributed by atoms with Crippen molar-refractivity contribution < 1.29 is 23.1 Å². The zero-order valence-corrected chi connectivity index (χ0v) is 14.1. The van der Waals surface area contributed by atoms with Crippen molar-refractivity contribution in [2.75, 3.05) is 6.61 Å². The lowest BCUT2D eigenvalue weighted by atomic mass is 9.98. The fourth-order valence-corrected chi connectivity index (χ4v) is 3.11. The van der Waals surface area contributed by atoms with Crippen molar-refractivity contribution in [1.29, 1.82) is 0 Å². The Morgan fingerprint density at radius 3 is 2.27 bits per heavy atom. The van der Waals surface area contributed by atoms with Crippen molar-refractivity contribution >= 4 is 16.0 Å².